The summed E-state index contributed by atoms with van der Waals surface area (Å²) in [6.07, 6.45) is 5.59. The van der Waals surface area contributed by atoms with Crippen molar-refractivity contribution < 1.29 is 9.53 Å². The van der Waals surface area contributed by atoms with Gasteiger partial charge in [-0.15, -0.1) is 0 Å². The number of carbonyl (C=O) groups is 1. The highest BCUT2D eigenvalue weighted by molar-refractivity contribution is 6.20. The lowest BCUT2D eigenvalue weighted by atomic mass is 9.85. The number of rotatable bonds is 8. The molecule has 0 amide bonds. The highest BCUT2D eigenvalue weighted by atomic mass is 16.5. The van der Waals surface area contributed by atoms with Gasteiger partial charge in [0.2, 0.25) is 0 Å². The van der Waals surface area contributed by atoms with Crippen molar-refractivity contribution >= 4 is 28.8 Å². The fourth-order valence-electron chi connectivity index (χ4n) is 3.98. The molecular weight excluding hydrogens is 428 g/mol. The second-order valence-corrected chi connectivity index (χ2v) is 7.94. The van der Waals surface area contributed by atoms with Crippen LogP contribution in [-0.2, 0) is 9.53 Å². The molecular formula is C33H28O2. The highest BCUT2D eigenvalue weighted by Crippen LogP contribution is 2.39. The summed E-state index contributed by atoms with van der Waals surface area (Å²) in [6, 6.07) is 41.1. The first-order valence-electron chi connectivity index (χ1n) is 11.8. The van der Waals surface area contributed by atoms with E-state index in [0.717, 1.165) is 39.0 Å². The monoisotopic (exact) mass is 456 g/mol. The Morgan fingerprint density at radius 1 is 0.629 bits per heavy atom. The van der Waals surface area contributed by atoms with E-state index in [2.05, 4.69) is 54.6 Å². The molecule has 0 aliphatic heterocycles. The van der Waals surface area contributed by atoms with Crippen molar-refractivity contribution in [1.82, 2.24) is 0 Å². The van der Waals surface area contributed by atoms with Gasteiger partial charge in [-0.1, -0.05) is 121 Å². The van der Waals surface area contributed by atoms with Gasteiger partial charge in [0.05, 0.1) is 6.61 Å². The molecule has 0 unspecified atom stereocenters. The van der Waals surface area contributed by atoms with Crippen molar-refractivity contribution in [3.8, 4) is 0 Å². The standard InChI is InChI=1S/C33H28O2/c1-2-35-32(34)24-23-30(27-17-9-4-10-18-27)33(29-21-13-6-14-22-29)31(28-19-11-5-12-20-28)25-26-15-7-3-8-16-26/h3-25H,2H2,1H3/b24-23+,31-25?,33-30+. The van der Waals surface area contributed by atoms with Crippen molar-refractivity contribution in [3.63, 3.8) is 0 Å². The molecule has 172 valence electrons. The van der Waals surface area contributed by atoms with Gasteiger partial charge in [0, 0.05) is 6.08 Å². The van der Waals surface area contributed by atoms with Crippen molar-refractivity contribution in [2.45, 2.75) is 6.92 Å². The summed E-state index contributed by atoms with van der Waals surface area (Å²) in [5, 5.41) is 0. The lowest BCUT2D eigenvalue weighted by Crippen LogP contribution is -2.00. The largest absolute Gasteiger partial charge is 0.463 e. The van der Waals surface area contributed by atoms with Crippen LogP contribution >= 0.6 is 0 Å². The molecule has 0 bridgehead atoms. The first kappa shape index (κ1) is 23.7. The number of ether oxygens (including phenoxy) is 1. The molecule has 0 spiro atoms. The van der Waals surface area contributed by atoms with E-state index in [4.69, 9.17) is 4.74 Å². The molecule has 4 aromatic rings. The number of esters is 1. The van der Waals surface area contributed by atoms with Gasteiger partial charge >= 0.3 is 5.97 Å². The minimum absolute atomic E-state index is 0.336. The minimum atomic E-state index is -0.360. The van der Waals surface area contributed by atoms with Gasteiger partial charge in [0.25, 0.3) is 0 Å². The van der Waals surface area contributed by atoms with E-state index in [1.165, 1.54) is 6.08 Å². The molecule has 0 saturated heterocycles. The fourth-order valence-corrected chi connectivity index (χ4v) is 3.98. The maximum absolute atomic E-state index is 12.3. The van der Waals surface area contributed by atoms with Gasteiger partial charge in [-0.2, -0.15) is 0 Å². The number of hydrogen-bond acceptors (Lipinski definition) is 2. The van der Waals surface area contributed by atoms with Crippen molar-refractivity contribution in [1.29, 1.82) is 0 Å². The maximum Gasteiger partial charge on any atom is 0.330 e. The Labute approximate surface area is 207 Å². The minimum Gasteiger partial charge on any atom is -0.463 e. The molecule has 4 aromatic carbocycles. The van der Waals surface area contributed by atoms with Crippen LogP contribution < -0.4 is 0 Å². The van der Waals surface area contributed by atoms with Crippen LogP contribution in [0.4, 0.5) is 0 Å². The average molecular weight is 457 g/mol. The Balaban J connectivity index is 2.06. The summed E-state index contributed by atoms with van der Waals surface area (Å²) in [6.45, 7) is 2.15. The van der Waals surface area contributed by atoms with Gasteiger partial charge in [-0.3, -0.25) is 0 Å². The summed E-state index contributed by atoms with van der Waals surface area (Å²) < 4.78 is 5.19. The Kier molecular flexibility index (Phi) is 8.23. The molecule has 2 heteroatoms. The van der Waals surface area contributed by atoms with E-state index in [1.54, 1.807) is 0 Å². The first-order chi connectivity index (χ1) is 17.3. The second kappa shape index (κ2) is 12.2. The third-order valence-electron chi connectivity index (χ3n) is 5.55. The predicted octanol–water partition coefficient (Wildman–Crippen LogP) is 7.96. The smallest absolute Gasteiger partial charge is 0.330 e. The SMILES string of the molecule is CCOC(=O)/C=C/C(=C(\C(=Cc1ccccc1)c1ccccc1)c1ccccc1)c1ccccc1. The molecule has 0 saturated carbocycles. The molecule has 0 heterocycles. The van der Waals surface area contributed by atoms with Gasteiger partial charge in [0.15, 0.2) is 0 Å². The van der Waals surface area contributed by atoms with Crippen LogP contribution in [0.5, 0.6) is 0 Å². The van der Waals surface area contributed by atoms with Gasteiger partial charge in [0.1, 0.15) is 0 Å². The van der Waals surface area contributed by atoms with Crippen LogP contribution in [0.2, 0.25) is 0 Å². The molecule has 0 fully saturated rings. The van der Waals surface area contributed by atoms with Crippen LogP contribution in [0.25, 0.3) is 22.8 Å². The molecule has 0 atom stereocenters. The van der Waals surface area contributed by atoms with Crippen LogP contribution in [0, 0.1) is 0 Å². The maximum atomic E-state index is 12.3. The van der Waals surface area contributed by atoms with Gasteiger partial charge < -0.3 is 4.74 Å². The molecule has 0 N–H and O–H groups in total. The summed E-state index contributed by atoms with van der Waals surface area (Å²) in [5.41, 5.74) is 7.31. The van der Waals surface area contributed by atoms with E-state index >= 15 is 0 Å². The van der Waals surface area contributed by atoms with E-state index in [9.17, 15) is 4.79 Å². The van der Waals surface area contributed by atoms with Crippen LogP contribution in [0.15, 0.2) is 133 Å². The quantitative estimate of drug-likeness (QED) is 0.116. The highest BCUT2D eigenvalue weighted by Gasteiger charge is 2.17. The van der Waals surface area contributed by atoms with Crippen LogP contribution in [-0.4, -0.2) is 12.6 Å². The fraction of sp³-hybridized carbons (Fsp3) is 0.0606. The first-order valence-corrected chi connectivity index (χ1v) is 11.8. The summed E-state index contributed by atoms with van der Waals surface area (Å²) in [7, 11) is 0. The average Bonchev–Trinajstić information content (AvgIpc) is 2.92. The van der Waals surface area contributed by atoms with E-state index in [-0.39, 0.29) is 5.97 Å². The number of allylic oxidation sites excluding steroid dienone is 4. The van der Waals surface area contributed by atoms with Crippen molar-refractivity contribution in [3.05, 3.63) is 156 Å². The Morgan fingerprint density at radius 3 is 1.66 bits per heavy atom. The lowest BCUT2D eigenvalue weighted by Gasteiger charge is -2.19. The zero-order valence-electron chi connectivity index (χ0n) is 19.8. The number of hydrogen-bond donors (Lipinski definition) is 0. The van der Waals surface area contributed by atoms with E-state index in [1.807, 2.05) is 85.8 Å². The van der Waals surface area contributed by atoms with Gasteiger partial charge in [-0.25, -0.2) is 4.79 Å². The summed E-state index contributed by atoms with van der Waals surface area (Å²) in [4.78, 5) is 12.3. The van der Waals surface area contributed by atoms with Crippen molar-refractivity contribution in [2.24, 2.45) is 0 Å². The number of benzene rings is 4. The molecule has 0 aliphatic rings. The lowest BCUT2D eigenvalue weighted by molar-refractivity contribution is -0.137. The van der Waals surface area contributed by atoms with E-state index in [0.29, 0.717) is 6.61 Å². The van der Waals surface area contributed by atoms with Crippen LogP contribution in [0.1, 0.15) is 29.2 Å². The van der Waals surface area contributed by atoms with Crippen LogP contribution in [0.3, 0.4) is 0 Å². The topological polar surface area (TPSA) is 26.3 Å². The Bertz CT molecular complexity index is 1320. The molecule has 0 aromatic heterocycles. The summed E-state index contributed by atoms with van der Waals surface area (Å²) in [5.74, 6) is -0.360. The zero-order chi connectivity index (χ0) is 24.3. The molecule has 35 heavy (non-hydrogen) atoms. The Morgan fingerprint density at radius 2 is 1.11 bits per heavy atom. The Hall–Kier alpha value is -4.43. The third kappa shape index (κ3) is 6.33. The molecule has 2 nitrogen and oxygen atoms in total. The zero-order valence-corrected chi connectivity index (χ0v) is 19.8. The number of carbonyl (C=O) groups excluding carboxylic acids is 1. The van der Waals surface area contributed by atoms with Gasteiger partial charge in [-0.05, 0) is 58.0 Å². The normalized spacial score (nSPS) is 12.3. The predicted molar refractivity (Wildman–Crippen MR) is 146 cm³/mol. The molecule has 4 rings (SSSR count). The molecule has 0 radical (unpaired) electrons. The third-order valence-corrected chi connectivity index (χ3v) is 5.55. The molecule has 0 aliphatic carbocycles. The van der Waals surface area contributed by atoms with Crippen molar-refractivity contribution in [2.75, 3.05) is 6.61 Å². The second-order valence-electron chi connectivity index (χ2n) is 7.94. The summed E-state index contributed by atoms with van der Waals surface area (Å²) >= 11 is 0. The van der Waals surface area contributed by atoms with E-state index < -0.39 is 0 Å².